The molecule has 0 spiro atoms. The van der Waals surface area contributed by atoms with Crippen LogP contribution in [0.25, 0.3) is 0 Å². The van der Waals surface area contributed by atoms with Crippen LogP contribution in [0.1, 0.15) is 21.1 Å². The number of aromatic nitrogens is 2. The Kier molecular flexibility index (Phi) is 3.57. The minimum Gasteiger partial charge on any atom is -0.477 e. The smallest absolute Gasteiger partial charge is 0.345 e. The van der Waals surface area contributed by atoms with Gasteiger partial charge in [0.1, 0.15) is 4.88 Å². The van der Waals surface area contributed by atoms with Gasteiger partial charge in [-0.2, -0.15) is 5.10 Å². The van der Waals surface area contributed by atoms with E-state index >= 15 is 0 Å². The van der Waals surface area contributed by atoms with Crippen molar-refractivity contribution in [2.45, 2.75) is 18.7 Å². The van der Waals surface area contributed by atoms with Crippen molar-refractivity contribution in [3.8, 4) is 0 Å². The van der Waals surface area contributed by atoms with E-state index in [-0.39, 0.29) is 9.77 Å². The molecular formula is C11H13N3O4S2. The predicted molar refractivity (Wildman–Crippen MR) is 74.8 cm³/mol. The molecular weight excluding hydrogens is 302 g/mol. The maximum absolute atomic E-state index is 12.2. The van der Waals surface area contributed by atoms with Crippen LogP contribution in [0.5, 0.6) is 0 Å². The van der Waals surface area contributed by atoms with E-state index in [4.69, 9.17) is 5.11 Å². The van der Waals surface area contributed by atoms with Crippen LogP contribution in [-0.2, 0) is 17.1 Å². The van der Waals surface area contributed by atoms with Gasteiger partial charge in [0.25, 0.3) is 10.0 Å². The zero-order valence-corrected chi connectivity index (χ0v) is 12.7. The first-order valence-corrected chi connectivity index (χ1v) is 7.93. The molecule has 0 fully saturated rings. The molecule has 0 aromatic carbocycles. The molecule has 108 valence electrons. The van der Waals surface area contributed by atoms with E-state index in [0.717, 1.165) is 17.4 Å². The molecule has 0 saturated heterocycles. The van der Waals surface area contributed by atoms with E-state index in [1.807, 2.05) is 0 Å². The fourth-order valence-electron chi connectivity index (χ4n) is 1.69. The summed E-state index contributed by atoms with van der Waals surface area (Å²) >= 11 is 0.869. The number of carbonyl (C=O) groups is 1. The Bertz CT molecular complexity index is 774. The van der Waals surface area contributed by atoms with Gasteiger partial charge in [-0.3, -0.25) is 9.40 Å². The molecule has 2 rings (SSSR count). The topological polar surface area (TPSA) is 101 Å². The Morgan fingerprint density at radius 1 is 1.45 bits per heavy atom. The van der Waals surface area contributed by atoms with Gasteiger partial charge in [-0.15, -0.1) is 11.3 Å². The number of anilines is 1. The summed E-state index contributed by atoms with van der Waals surface area (Å²) in [6, 6.07) is 1.14. The molecule has 0 saturated carbocycles. The van der Waals surface area contributed by atoms with Crippen molar-refractivity contribution in [1.29, 1.82) is 0 Å². The van der Waals surface area contributed by atoms with E-state index in [1.165, 1.54) is 5.38 Å². The van der Waals surface area contributed by atoms with Crippen LogP contribution in [-0.4, -0.2) is 29.3 Å². The van der Waals surface area contributed by atoms with Gasteiger partial charge in [-0.05, 0) is 19.9 Å². The second-order valence-electron chi connectivity index (χ2n) is 4.23. The minimum absolute atomic E-state index is 0.0231. The van der Waals surface area contributed by atoms with Gasteiger partial charge in [0, 0.05) is 12.4 Å². The van der Waals surface area contributed by atoms with E-state index in [0.29, 0.717) is 17.1 Å². The summed E-state index contributed by atoms with van der Waals surface area (Å²) in [7, 11) is -2.10. The predicted octanol–water partition coefficient (Wildman–Crippen LogP) is 1.60. The van der Waals surface area contributed by atoms with Crippen LogP contribution in [0.4, 0.5) is 5.69 Å². The lowest BCUT2D eigenvalue weighted by atomic mass is 10.3. The van der Waals surface area contributed by atoms with Gasteiger partial charge >= 0.3 is 5.97 Å². The highest BCUT2D eigenvalue weighted by atomic mass is 32.2. The zero-order chi connectivity index (χ0) is 15.1. The Morgan fingerprint density at radius 3 is 2.55 bits per heavy atom. The van der Waals surface area contributed by atoms with Gasteiger partial charge in [-0.1, -0.05) is 0 Å². The number of carboxylic acids is 1. The number of aromatic carboxylic acids is 1. The van der Waals surface area contributed by atoms with Crippen molar-refractivity contribution in [1.82, 2.24) is 9.78 Å². The number of sulfonamides is 1. The average molecular weight is 315 g/mol. The fraction of sp³-hybridized carbons (Fsp3) is 0.273. The molecule has 0 bridgehead atoms. The molecule has 7 nitrogen and oxygen atoms in total. The fourth-order valence-corrected chi connectivity index (χ4v) is 3.97. The van der Waals surface area contributed by atoms with Crippen molar-refractivity contribution in [2.75, 3.05) is 4.72 Å². The van der Waals surface area contributed by atoms with Crippen molar-refractivity contribution < 1.29 is 18.3 Å². The molecule has 0 unspecified atom stereocenters. The summed E-state index contributed by atoms with van der Waals surface area (Å²) in [5.74, 6) is -1.15. The highest BCUT2D eigenvalue weighted by Gasteiger charge is 2.21. The number of nitrogens with one attached hydrogen (secondary N) is 1. The lowest BCUT2D eigenvalue weighted by Crippen LogP contribution is -2.13. The van der Waals surface area contributed by atoms with Crippen molar-refractivity contribution in [3.63, 3.8) is 0 Å². The number of aryl methyl sites for hydroxylation is 2. The lowest BCUT2D eigenvalue weighted by molar-refractivity contribution is 0.0702. The van der Waals surface area contributed by atoms with Crippen LogP contribution in [0.3, 0.4) is 0 Å². The average Bonchev–Trinajstić information content (AvgIpc) is 2.92. The number of hydrogen-bond donors (Lipinski definition) is 2. The molecule has 2 aromatic heterocycles. The summed E-state index contributed by atoms with van der Waals surface area (Å²) in [5.41, 5.74) is 1.65. The molecule has 0 atom stereocenters. The molecule has 0 radical (unpaired) electrons. The number of nitrogens with zero attached hydrogens (tertiary/aromatic N) is 2. The van der Waals surface area contributed by atoms with Crippen molar-refractivity contribution >= 4 is 33.0 Å². The number of thiophene rings is 1. The van der Waals surface area contributed by atoms with Crippen molar-refractivity contribution in [2.24, 2.45) is 7.05 Å². The lowest BCUT2D eigenvalue weighted by Gasteiger charge is -2.06. The van der Waals surface area contributed by atoms with Crippen molar-refractivity contribution in [3.05, 3.63) is 27.7 Å². The van der Waals surface area contributed by atoms with Gasteiger partial charge in [0.05, 0.1) is 22.0 Å². The first kappa shape index (κ1) is 14.5. The van der Waals surface area contributed by atoms with E-state index in [9.17, 15) is 13.2 Å². The first-order valence-electron chi connectivity index (χ1n) is 5.57. The summed E-state index contributed by atoms with van der Waals surface area (Å²) in [4.78, 5) is 10.7. The van der Waals surface area contributed by atoms with Crippen LogP contribution >= 0.6 is 11.3 Å². The molecule has 2 heterocycles. The second-order valence-corrected chi connectivity index (χ2v) is 6.82. The molecule has 0 aliphatic carbocycles. The normalized spacial score (nSPS) is 11.6. The third-order valence-corrected chi connectivity index (χ3v) is 5.24. The SMILES string of the molecule is Cc1nn(C)c(C)c1NS(=O)(=O)c1csc(C(=O)O)c1. The van der Waals surface area contributed by atoms with Crippen LogP contribution in [0.2, 0.25) is 0 Å². The molecule has 2 N–H and O–H groups in total. The molecule has 0 amide bonds. The second kappa shape index (κ2) is 4.91. The Balaban J connectivity index is 2.38. The standard InChI is InChI=1S/C11H13N3O4S2/c1-6-10(7(2)14(3)12-6)13-20(17,18)8-4-9(11(15)16)19-5-8/h4-5,13H,1-3H3,(H,15,16). The summed E-state index contributed by atoms with van der Waals surface area (Å²) in [6.07, 6.45) is 0. The molecule has 20 heavy (non-hydrogen) atoms. The number of rotatable bonds is 4. The number of carboxylic acid groups (broad SMARTS) is 1. The largest absolute Gasteiger partial charge is 0.477 e. The minimum atomic E-state index is -3.81. The highest BCUT2D eigenvalue weighted by molar-refractivity contribution is 7.92. The van der Waals surface area contributed by atoms with E-state index in [1.54, 1.807) is 25.6 Å². The Labute approximate surface area is 119 Å². The number of hydrogen-bond acceptors (Lipinski definition) is 5. The van der Waals surface area contributed by atoms with Crippen LogP contribution in [0.15, 0.2) is 16.3 Å². The maximum Gasteiger partial charge on any atom is 0.345 e. The highest BCUT2D eigenvalue weighted by Crippen LogP contribution is 2.25. The van der Waals surface area contributed by atoms with E-state index in [2.05, 4.69) is 9.82 Å². The molecule has 9 heteroatoms. The van der Waals surface area contributed by atoms with Crippen LogP contribution < -0.4 is 4.72 Å². The Hall–Kier alpha value is -1.87. The molecule has 0 aliphatic rings. The van der Waals surface area contributed by atoms with Gasteiger partial charge < -0.3 is 5.11 Å². The van der Waals surface area contributed by atoms with Gasteiger partial charge in [0.15, 0.2) is 0 Å². The summed E-state index contributed by atoms with van der Waals surface area (Å²) < 4.78 is 28.5. The molecule has 2 aromatic rings. The van der Waals surface area contributed by atoms with Crippen LogP contribution in [0, 0.1) is 13.8 Å². The zero-order valence-electron chi connectivity index (χ0n) is 11.0. The quantitative estimate of drug-likeness (QED) is 0.892. The van der Waals surface area contributed by atoms with Gasteiger partial charge in [0.2, 0.25) is 0 Å². The van der Waals surface area contributed by atoms with E-state index < -0.39 is 16.0 Å². The first-order chi connectivity index (χ1) is 9.22. The third kappa shape index (κ3) is 2.54. The maximum atomic E-state index is 12.2. The monoisotopic (exact) mass is 315 g/mol. The third-order valence-electron chi connectivity index (χ3n) is 2.84. The van der Waals surface area contributed by atoms with Gasteiger partial charge in [-0.25, -0.2) is 13.2 Å². The summed E-state index contributed by atoms with van der Waals surface area (Å²) in [6.45, 7) is 3.44. The molecule has 0 aliphatic heterocycles. The Morgan fingerprint density at radius 2 is 2.10 bits per heavy atom. The summed E-state index contributed by atoms with van der Waals surface area (Å²) in [5, 5.41) is 14.2.